The fourth-order valence-electron chi connectivity index (χ4n) is 3.51. The Labute approximate surface area is 174 Å². The number of hydrogen-bond donors (Lipinski definition) is 1. The number of aromatic nitrogens is 1. The highest BCUT2D eigenvalue weighted by Gasteiger charge is 2.24. The third-order valence-electron chi connectivity index (χ3n) is 5.07. The van der Waals surface area contributed by atoms with E-state index in [1.54, 1.807) is 0 Å². The molecule has 2 aromatic carbocycles. The van der Waals surface area contributed by atoms with Crippen molar-refractivity contribution in [3.05, 3.63) is 65.4 Å². The van der Waals surface area contributed by atoms with Gasteiger partial charge in [-0.2, -0.15) is 4.98 Å². The van der Waals surface area contributed by atoms with E-state index in [-0.39, 0.29) is 12.3 Å². The number of amides is 1. The van der Waals surface area contributed by atoms with Crippen LogP contribution >= 0.6 is 11.6 Å². The molecule has 1 aliphatic heterocycles. The normalized spacial score (nSPS) is 14.2. The maximum atomic E-state index is 11.3. The van der Waals surface area contributed by atoms with Crippen LogP contribution in [0.1, 0.15) is 12.2 Å². The first-order chi connectivity index (χ1) is 14.1. The van der Waals surface area contributed by atoms with Crippen LogP contribution in [-0.2, 0) is 11.2 Å². The average molecular weight is 411 g/mol. The highest BCUT2D eigenvalue weighted by Crippen LogP contribution is 2.30. The number of piperazine rings is 1. The second-order valence-electron chi connectivity index (χ2n) is 7.05. The van der Waals surface area contributed by atoms with E-state index >= 15 is 0 Å². The zero-order chi connectivity index (χ0) is 20.2. The summed E-state index contributed by atoms with van der Waals surface area (Å²) < 4.78 is 6.09. The van der Waals surface area contributed by atoms with E-state index in [2.05, 4.69) is 34.1 Å². The number of halogens is 1. The summed E-state index contributed by atoms with van der Waals surface area (Å²) in [4.78, 5) is 20.5. The van der Waals surface area contributed by atoms with Crippen LogP contribution < -0.4 is 15.5 Å². The fraction of sp³-hybridized carbons (Fsp3) is 0.273. The molecule has 2 heterocycles. The Kier molecular flexibility index (Phi) is 5.71. The van der Waals surface area contributed by atoms with Gasteiger partial charge in [0.1, 0.15) is 11.5 Å². The molecule has 1 saturated heterocycles. The monoisotopic (exact) mass is 410 g/mol. The summed E-state index contributed by atoms with van der Waals surface area (Å²) in [7, 11) is 0. The van der Waals surface area contributed by atoms with Gasteiger partial charge in [-0.1, -0.05) is 41.9 Å². The number of benzene rings is 2. The van der Waals surface area contributed by atoms with Crippen molar-refractivity contribution in [3.8, 4) is 11.3 Å². The third-order valence-corrected chi connectivity index (χ3v) is 5.33. The van der Waals surface area contributed by atoms with Crippen molar-refractivity contribution in [2.45, 2.75) is 12.8 Å². The first-order valence-corrected chi connectivity index (χ1v) is 10.1. The minimum absolute atomic E-state index is 0.219. The molecule has 29 heavy (non-hydrogen) atoms. The summed E-state index contributed by atoms with van der Waals surface area (Å²) in [6.45, 7) is 3.40. The predicted octanol–water partition coefficient (Wildman–Crippen LogP) is 3.74. The van der Waals surface area contributed by atoms with E-state index in [9.17, 15) is 4.79 Å². The summed E-state index contributed by atoms with van der Waals surface area (Å²) >= 11 is 6.01. The van der Waals surface area contributed by atoms with Gasteiger partial charge in [0.05, 0.1) is 0 Å². The van der Waals surface area contributed by atoms with Gasteiger partial charge in [0, 0.05) is 55.3 Å². The molecular weight excluding hydrogens is 388 g/mol. The Hall–Kier alpha value is -2.99. The smallest absolute Gasteiger partial charge is 0.298 e. The molecule has 0 aliphatic carbocycles. The van der Waals surface area contributed by atoms with Gasteiger partial charge in [0.25, 0.3) is 6.01 Å². The summed E-state index contributed by atoms with van der Waals surface area (Å²) in [5.41, 5.74) is 8.21. The van der Waals surface area contributed by atoms with Gasteiger partial charge in [-0.15, -0.1) is 0 Å². The topological polar surface area (TPSA) is 75.6 Å². The number of rotatable bonds is 6. The standard InChI is InChI=1S/C22H23ClN4O2/c23-17-8-6-16(7-9-17)21-19(10-11-20(24)28)29-22(25-21)27-14-12-26(13-15-27)18-4-2-1-3-5-18/h1-9H,10-15H2,(H2,24,28). The molecule has 2 N–H and O–H groups in total. The number of para-hydroxylation sites is 1. The quantitative estimate of drug-likeness (QED) is 0.670. The molecular formula is C22H23ClN4O2. The van der Waals surface area contributed by atoms with Crippen molar-refractivity contribution in [1.29, 1.82) is 0 Å². The number of nitrogens with two attached hydrogens (primary N) is 1. The Morgan fingerprint density at radius 2 is 1.66 bits per heavy atom. The number of oxazole rings is 1. The zero-order valence-corrected chi connectivity index (χ0v) is 16.8. The highest BCUT2D eigenvalue weighted by molar-refractivity contribution is 6.30. The van der Waals surface area contributed by atoms with Gasteiger partial charge in [-0.25, -0.2) is 0 Å². The van der Waals surface area contributed by atoms with Crippen molar-refractivity contribution in [2.24, 2.45) is 5.73 Å². The Morgan fingerprint density at radius 1 is 1.00 bits per heavy atom. The van der Waals surface area contributed by atoms with E-state index in [1.165, 1.54) is 5.69 Å². The first kappa shape index (κ1) is 19.3. The Bertz CT molecular complexity index is 964. The van der Waals surface area contributed by atoms with Crippen molar-refractivity contribution >= 4 is 29.2 Å². The molecule has 1 aromatic heterocycles. The van der Waals surface area contributed by atoms with Gasteiger partial charge < -0.3 is 20.0 Å². The molecule has 0 spiro atoms. The molecule has 150 valence electrons. The van der Waals surface area contributed by atoms with Gasteiger partial charge in [-0.05, 0) is 24.3 Å². The molecule has 1 amide bonds. The van der Waals surface area contributed by atoms with Crippen LogP contribution in [0.25, 0.3) is 11.3 Å². The zero-order valence-electron chi connectivity index (χ0n) is 16.1. The van der Waals surface area contributed by atoms with Crippen LogP contribution in [0.2, 0.25) is 5.02 Å². The molecule has 3 aromatic rings. The van der Waals surface area contributed by atoms with Crippen LogP contribution in [0.15, 0.2) is 59.0 Å². The molecule has 0 saturated carbocycles. The van der Waals surface area contributed by atoms with Crippen molar-refractivity contribution in [2.75, 3.05) is 36.0 Å². The minimum Gasteiger partial charge on any atom is -0.428 e. The molecule has 1 fully saturated rings. The van der Waals surface area contributed by atoms with E-state index in [0.29, 0.717) is 23.2 Å². The number of carbonyl (C=O) groups is 1. The van der Waals surface area contributed by atoms with E-state index in [4.69, 9.17) is 26.7 Å². The van der Waals surface area contributed by atoms with Crippen molar-refractivity contribution in [1.82, 2.24) is 4.98 Å². The van der Waals surface area contributed by atoms with Gasteiger partial charge >= 0.3 is 0 Å². The number of aryl methyl sites for hydroxylation is 1. The lowest BCUT2D eigenvalue weighted by atomic mass is 10.1. The van der Waals surface area contributed by atoms with Crippen LogP contribution in [0.4, 0.5) is 11.7 Å². The summed E-state index contributed by atoms with van der Waals surface area (Å²) in [5.74, 6) is 0.313. The maximum Gasteiger partial charge on any atom is 0.298 e. The summed E-state index contributed by atoms with van der Waals surface area (Å²) in [5, 5.41) is 0.660. The fourth-order valence-corrected chi connectivity index (χ4v) is 3.63. The summed E-state index contributed by atoms with van der Waals surface area (Å²) in [6, 6.07) is 18.4. The highest BCUT2D eigenvalue weighted by atomic mass is 35.5. The summed E-state index contributed by atoms with van der Waals surface area (Å²) in [6.07, 6.45) is 0.640. The number of hydrogen-bond acceptors (Lipinski definition) is 5. The first-order valence-electron chi connectivity index (χ1n) is 9.69. The van der Waals surface area contributed by atoms with E-state index in [0.717, 1.165) is 37.4 Å². The van der Waals surface area contributed by atoms with Crippen molar-refractivity contribution in [3.63, 3.8) is 0 Å². The molecule has 6 nitrogen and oxygen atoms in total. The molecule has 0 atom stereocenters. The van der Waals surface area contributed by atoms with E-state index in [1.807, 2.05) is 30.3 Å². The molecule has 7 heteroatoms. The number of nitrogens with zero attached hydrogens (tertiary/aromatic N) is 3. The van der Waals surface area contributed by atoms with Crippen LogP contribution in [0.5, 0.6) is 0 Å². The largest absolute Gasteiger partial charge is 0.428 e. The predicted molar refractivity (Wildman–Crippen MR) is 115 cm³/mol. The van der Waals surface area contributed by atoms with Crippen LogP contribution in [-0.4, -0.2) is 37.1 Å². The molecule has 0 unspecified atom stereocenters. The third kappa shape index (κ3) is 4.54. The Morgan fingerprint density at radius 3 is 2.31 bits per heavy atom. The lowest BCUT2D eigenvalue weighted by Crippen LogP contribution is -2.46. The lowest BCUT2D eigenvalue weighted by molar-refractivity contribution is -0.118. The van der Waals surface area contributed by atoms with E-state index < -0.39 is 0 Å². The van der Waals surface area contributed by atoms with Crippen molar-refractivity contribution < 1.29 is 9.21 Å². The molecule has 1 aliphatic rings. The maximum absolute atomic E-state index is 11.3. The minimum atomic E-state index is -0.360. The molecule has 0 radical (unpaired) electrons. The number of anilines is 2. The second kappa shape index (κ2) is 8.57. The van der Waals surface area contributed by atoms with Crippen LogP contribution in [0, 0.1) is 0 Å². The molecule has 4 rings (SSSR count). The SMILES string of the molecule is NC(=O)CCc1oc(N2CCN(c3ccccc3)CC2)nc1-c1ccc(Cl)cc1. The average Bonchev–Trinajstić information content (AvgIpc) is 3.18. The second-order valence-corrected chi connectivity index (χ2v) is 7.49. The number of primary amides is 1. The Balaban J connectivity index is 1.54. The number of carbonyl (C=O) groups excluding carboxylic acids is 1. The van der Waals surface area contributed by atoms with Gasteiger partial charge in [0.15, 0.2) is 0 Å². The van der Waals surface area contributed by atoms with Gasteiger partial charge in [0.2, 0.25) is 5.91 Å². The van der Waals surface area contributed by atoms with Crippen LogP contribution in [0.3, 0.4) is 0 Å². The lowest BCUT2D eigenvalue weighted by Gasteiger charge is -2.35. The molecule has 0 bridgehead atoms. The van der Waals surface area contributed by atoms with Gasteiger partial charge in [-0.3, -0.25) is 4.79 Å².